The zero-order chi connectivity index (χ0) is 14.2. The lowest BCUT2D eigenvalue weighted by atomic mass is 9.80. The number of rotatable bonds is 2. The number of hydrogen-bond acceptors (Lipinski definition) is 2. The molecule has 1 fully saturated rings. The molecular weight excluding hydrogens is 248 g/mol. The summed E-state index contributed by atoms with van der Waals surface area (Å²) in [5.74, 6) is -0.735. The van der Waals surface area contributed by atoms with E-state index < -0.39 is 11.6 Å². The number of anilines is 1. The van der Waals surface area contributed by atoms with Gasteiger partial charge in [-0.1, -0.05) is 20.8 Å². The van der Waals surface area contributed by atoms with Crippen LogP contribution < -0.4 is 4.90 Å². The highest BCUT2D eigenvalue weighted by atomic mass is 19.1. The Hall–Kier alpha value is -1.16. The minimum absolute atomic E-state index is 0.0453. The SMILES string of the molecule is CC(C)(C)C1CCN(c2c(F)cc(CO)cc2F)C1. The van der Waals surface area contributed by atoms with E-state index in [-0.39, 0.29) is 23.3 Å². The number of halogens is 2. The Kier molecular flexibility index (Phi) is 3.81. The molecule has 0 aromatic heterocycles. The van der Waals surface area contributed by atoms with Gasteiger partial charge in [0.15, 0.2) is 0 Å². The lowest BCUT2D eigenvalue weighted by Gasteiger charge is -2.27. The molecule has 2 rings (SSSR count). The molecule has 1 aliphatic rings. The van der Waals surface area contributed by atoms with Gasteiger partial charge in [-0.3, -0.25) is 0 Å². The molecule has 1 heterocycles. The maximum Gasteiger partial charge on any atom is 0.149 e. The summed E-state index contributed by atoms with van der Waals surface area (Å²) >= 11 is 0. The molecular formula is C15H21F2NO. The summed E-state index contributed by atoms with van der Waals surface area (Å²) in [6, 6.07) is 2.42. The van der Waals surface area contributed by atoms with Crippen LogP contribution in [0.25, 0.3) is 0 Å². The van der Waals surface area contributed by atoms with Crippen molar-refractivity contribution in [1.29, 1.82) is 0 Å². The summed E-state index contributed by atoms with van der Waals surface area (Å²) in [5.41, 5.74) is 0.460. The average molecular weight is 269 g/mol. The van der Waals surface area contributed by atoms with Gasteiger partial charge in [-0.25, -0.2) is 8.78 Å². The highest BCUT2D eigenvalue weighted by molar-refractivity contribution is 5.51. The Balaban J connectivity index is 2.25. The Morgan fingerprint density at radius 3 is 2.26 bits per heavy atom. The topological polar surface area (TPSA) is 23.5 Å². The highest BCUT2D eigenvalue weighted by Crippen LogP contribution is 2.37. The number of aliphatic hydroxyl groups is 1. The van der Waals surface area contributed by atoms with Crippen LogP contribution >= 0.6 is 0 Å². The molecule has 0 spiro atoms. The minimum atomic E-state index is -0.585. The molecule has 4 heteroatoms. The summed E-state index contributed by atoms with van der Waals surface area (Å²) in [5, 5.41) is 8.94. The van der Waals surface area contributed by atoms with Gasteiger partial charge in [0.1, 0.15) is 17.3 Å². The first-order chi connectivity index (χ1) is 8.82. The maximum absolute atomic E-state index is 14.0. The van der Waals surface area contributed by atoms with Gasteiger partial charge < -0.3 is 10.0 Å². The van der Waals surface area contributed by atoms with E-state index in [1.807, 2.05) is 0 Å². The van der Waals surface area contributed by atoms with Crippen molar-refractivity contribution in [2.75, 3.05) is 18.0 Å². The van der Waals surface area contributed by atoms with E-state index in [0.717, 1.165) is 6.42 Å². The monoisotopic (exact) mass is 269 g/mol. The van der Waals surface area contributed by atoms with Crippen molar-refractivity contribution in [3.05, 3.63) is 29.3 Å². The quantitative estimate of drug-likeness (QED) is 0.890. The average Bonchev–Trinajstić information content (AvgIpc) is 2.76. The molecule has 1 saturated heterocycles. The molecule has 2 nitrogen and oxygen atoms in total. The summed E-state index contributed by atoms with van der Waals surface area (Å²) in [7, 11) is 0. The normalized spacial score (nSPS) is 20.1. The molecule has 0 saturated carbocycles. The van der Waals surface area contributed by atoms with Crippen LogP contribution in [-0.4, -0.2) is 18.2 Å². The number of aliphatic hydroxyl groups excluding tert-OH is 1. The van der Waals surface area contributed by atoms with Crippen LogP contribution in [0.1, 0.15) is 32.8 Å². The lowest BCUT2D eigenvalue weighted by molar-refractivity contribution is 0.263. The Morgan fingerprint density at radius 1 is 1.26 bits per heavy atom. The van der Waals surface area contributed by atoms with Crippen molar-refractivity contribution in [2.45, 2.75) is 33.8 Å². The number of benzene rings is 1. The number of hydrogen-bond donors (Lipinski definition) is 1. The predicted octanol–water partition coefficient (Wildman–Crippen LogP) is 3.33. The Labute approximate surface area is 113 Å². The molecule has 0 radical (unpaired) electrons. The Bertz CT molecular complexity index is 445. The molecule has 1 aliphatic heterocycles. The van der Waals surface area contributed by atoms with E-state index in [4.69, 9.17) is 5.11 Å². The standard InChI is InChI=1S/C15H21F2NO/c1-15(2,3)11-4-5-18(8-11)14-12(16)6-10(9-19)7-13(14)17/h6-7,11,19H,4-5,8-9H2,1-3H3. The largest absolute Gasteiger partial charge is 0.392 e. The van der Waals surface area contributed by atoms with Gasteiger partial charge in [0.2, 0.25) is 0 Å². The predicted molar refractivity (Wildman–Crippen MR) is 72.1 cm³/mol. The molecule has 106 valence electrons. The minimum Gasteiger partial charge on any atom is -0.392 e. The fourth-order valence-corrected chi connectivity index (χ4v) is 2.68. The van der Waals surface area contributed by atoms with Crippen LogP contribution in [0.5, 0.6) is 0 Å². The van der Waals surface area contributed by atoms with Crippen molar-refractivity contribution in [1.82, 2.24) is 0 Å². The molecule has 1 unspecified atom stereocenters. The molecule has 1 aromatic rings. The van der Waals surface area contributed by atoms with Crippen molar-refractivity contribution < 1.29 is 13.9 Å². The molecule has 0 amide bonds. The van der Waals surface area contributed by atoms with Gasteiger partial charge in [-0.2, -0.15) is 0 Å². The second-order valence-electron chi connectivity index (χ2n) is 6.36. The van der Waals surface area contributed by atoms with Crippen LogP contribution in [0.2, 0.25) is 0 Å². The zero-order valence-corrected chi connectivity index (χ0v) is 11.7. The molecule has 1 N–H and O–H groups in total. The highest BCUT2D eigenvalue weighted by Gasteiger charge is 2.33. The third-order valence-electron chi connectivity index (χ3n) is 3.99. The fraction of sp³-hybridized carbons (Fsp3) is 0.600. The first-order valence-electron chi connectivity index (χ1n) is 6.66. The molecule has 1 atom stereocenters. The second kappa shape index (κ2) is 5.08. The Morgan fingerprint density at radius 2 is 1.84 bits per heavy atom. The van der Waals surface area contributed by atoms with E-state index in [1.165, 1.54) is 12.1 Å². The summed E-state index contributed by atoms with van der Waals surface area (Å²) < 4.78 is 28.0. The van der Waals surface area contributed by atoms with Crippen LogP contribution in [-0.2, 0) is 6.61 Å². The van der Waals surface area contributed by atoms with E-state index in [1.54, 1.807) is 4.90 Å². The lowest BCUT2D eigenvalue weighted by Crippen LogP contribution is -2.27. The molecule has 19 heavy (non-hydrogen) atoms. The number of nitrogens with zero attached hydrogens (tertiary/aromatic N) is 1. The van der Waals surface area contributed by atoms with Crippen LogP contribution in [0, 0.1) is 23.0 Å². The first kappa shape index (κ1) is 14.3. The van der Waals surface area contributed by atoms with E-state index in [0.29, 0.717) is 19.0 Å². The van der Waals surface area contributed by atoms with E-state index >= 15 is 0 Å². The zero-order valence-electron chi connectivity index (χ0n) is 11.7. The third-order valence-corrected chi connectivity index (χ3v) is 3.99. The van der Waals surface area contributed by atoms with Gasteiger partial charge in [-0.15, -0.1) is 0 Å². The smallest absolute Gasteiger partial charge is 0.149 e. The van der Waals surface area contributed by atoms with Crippen molar-refractivity contribution in [2.24, 2.45) is 11.3 Å². The fourth-order valence-electron chi connectivity index (χ4n) is 2.68. The van der Waals surface area contributed by atoms with Crippen molar-refractivity contribution in [3.8, 4) is 0 Å². The van der Waals surface area contributed by atoms with E-state index in [2.05, 4.69) is 20.8 Å². The van der Waals surface area contributed by atoms with Crippen LogP contribution in [0.3, 0.4) is 0 Å². The summed E-state index contributed by atoms with van der Waals surface area (Å²) in [4.78, 5) is 1.78. The van der Waals surface area contributed by atoms with Crippen LogP contribution in [0.4, 0.5) is 14.5 Å². The summed E-state index contributed by atoms with van der Waals surface area (Å²) in [6.45, 7) is 7.47. The molecule has 0 aliphatic carbocycles. The van der Waals surface area contributed by atoms with Gasteiger partial charge in [0.05, 0.1) is 6.61 Å². The van der Waals surface area contributed by atoms with Crippen molar-refractivity contribution in [3.63, 3.8) is 0 Å². The van der Waals surface area contributed by atoms with Gasteiger partial charge in [0, 0.05) is 13.1 Å². The van der Waals surface area contributed by atoms with Gasteiger partial charge in [0.25, 0.3) is 0 Å². The van der Waals surface area contributed by atoms with Gasteiger partial charge >= 0.3 is 0 Å². The maximum atomic E-state index is 14.0. The third kappa shape index (κ3) is 2.89. The molecule has 1 aromatic carbocycles. The summed E-state index contributed by atoms with van der Waals surface area (Å²) in [6.07, 6.45) is 0.949. The van der Waals surface area contributed by atoms with Gasteiger partial charge in [-0.05, 0) is 35.4 Å². The first-order valence-corrected chi connectivity index (χ1v) is 6.66. The van der Waals surface area contributed by atoms with Crippen LogP contribution in [0.15, 0.2) is 12.1 Å². The van der Waals surface area contributed by atoms with Crippen molar-refractivity contribution >= 4 is 5.69 Å². The van der Waals surface area contributed by atoms with E-state index in [9.17, 15) is 8.78 Å². The molecule has 0 bridgehead atoms. The second-order valence-corrected chi connectivity index (χ2v) is 6.36.